The molecule has 106 valence electrons. The van der Waals surface area contributed by atoms with Gasteiger partial charge in [-0.15, -0.1) is 0 Å². The van der Waals surface area contributed by atoms with Crippen molar-refractivity contribution in [1.29, 1.82) is 0 Å². The van der Waals surface area contributed by atoms with Crippen molar-refractivity contribution in [1.82, 2.24) is 19.7 Å². The zero-order valence-corrected chi connectivity index (χ0v) is 12.1. The molecule has 2 heterocycles. The predicted octanol–water partition coefficient (Wildman–Crippen LogP) is 1.79. The highest BCUT2D eigenvalue weighted by Gasteiger charge is 2.22. The maximum absolute atomic E-state index is 4.17. The summed E-state index contributed by atoms with van der Waals surface area (Å²) in [6, 6.07) is 6.68. The molecule has 1 aromatic heterocycles. The van der Waals surface area contributed by atoms with Crippen molar-refractivity contribution >= 4 is 5.69 Å². The molecule has 1 aromatic carbocycles. The van der Waals surface area contributed by atoms with E-state index in [1.54, 1.807) is 12.7 Å². The molecule has 1 aliphatic heterocycles. The molecule has 0 radical (unpaired) electrons. The molecule has 2 aromatic rings. The van der Waals surface area contributed by atoms with Gasteiger partial charge in [0.1, 0.15) is 12.7 Å². The molecular weight excluding hydrogens is 250 g/mol. The van der Waals surface area contributed by atoms with Gasteiger partial charge in [0.15, 0.2) is 0 Å². The zero-order valence-electron chi connectivity index (χ0n) is 12.1. The highest BCUT2D eigenvalue weighted by Crippen LogP contribution is 2.34. The molecule has 1 N–H and O–H groups in total. The Labute approximate surface area is 119 Å². The van der Waals surface area contributed by atoms with Gasteiger partial charge in [-0.1, -0.05) is 12.1 Å². The number of nitrogens with zero attached hydrogens (tertiary/aromatic N) is 4. The number of anilines is 1. The summed E-state index contributed by atoms with van der Waals surface area (Å²) < 4.78 is 1.86. The average Bonchev–Trinajstić information content (AvgIpc) is 3.05. The van der Waals surface area contributed by atoms with Crippen LogP contribution in [-0.4, -0.2) is 46.8 Å². The summed E-state index contributed by atoms with van der Waals surface area (Å²) in [4.78, 5) is 6.24. The number of nitrogens with one attached hydrogen (secondary N) is 1. The SMILES string of the molecule is CN(C)CCC1CNc2ccc(Cn3cncn3)cc21. The number of hydrogen-bond donors (Lipinski definition) is 1. The van der Waals surface area contributed by atoms with Crippen molar-refractivity contribution in [3.63, 3.8) is 0 Å². The lowest BCUT2D eigenvalue weighted by Crippen LogP contribution is -2.16. The normalized spacial score (nSPS) is 17.2. The lowest BCUT2D eigenvalue weighted by molar-refractivity contribution is 0.386. The lowest BCUT2D eigenvalue weighted by atomic mass is 9.96. The molecule has 1 aliphatic rings. The second-order valence-electron chi connectivity index (χ2n) is 5.68. The molecule has 5 nitrogen and oxygen atoms in total. The molecule has 0 spiro atoms. The Bertz CT molecular complexity index is 562. The van der Waals surface area contributed by atoms with Crippen LogP contribution in [0.3, 0.4) is 0 Å². The first-order valence-electron chi connectivity index (χ1n) is 7.06. The highest BCUT2D eigenvalue weighted by molar-refractivity contribution is 5.59. The second kappa shape index (κ2) is 5.63. The average molecular weight is 271 g/mol. The minimum absolute atomic E-state index is 0.614. The van der Waals surface area contributed by atoms with E-state index in [0.717, 1.165) is 19.6 Å². The molecular formula is C15H21N5. The number of fused-ring (bicyclic) bond motifs is 1. The van der Waals surface area contributed by atoms with Gasteiger partial charge in [0.25, 0.3) is 0 Å². The third-order valence-corrected chi connectivity index (χ3v) is 3.83. The molecule has 0 bridgehead atoms. The van der Waals surface area contributed by atoms with Crippen LogP contribution >= 0.6 is 0 Å². The van der Waals surface area contributed by atoms with Crippen LogP contribution in [-0.2, 0) is 6.54 Å². The van der Waals surface area contributed by atoms with Gasteiger partial charge in [-0.25, -0.2) is 9.67 Å². The summed E-state index contributed by atoms with van der Waals surface area (Å²) in [5, 5.41) is 7.67. The molecule has 3 rings (SSSR count). The fourth-order valence-electron chi connectivity index (χ4n) is 2.73. The largest absolute Gasteiger partial charge is 0.384 e. The van der Waals surface area contributed by atoms with E-state index in [0.29, 0.717) is 5.92 Å². The van der Waals surface area contributed by atoms with Crippen LogP contribution in [0.2, 0.25) is 0 Å². The topological polar surface area (TPSA) is 46.0 Å². The van der Waals surface area contributed by atoms with Crippen molar-refractivity contribution < 1.29 is 0 Å². The van der Waals surface area contributed by atoms with Crippen LogP contribution in [0, 0.1) is 0 Å². The van der Waals surface area contributed by atoms with Gasteiger partial charge < -0.3 is 10.2 Å². The van der Waals surface area contributed by atoms with Crippen LogP contribution in [0.1, 0.15) is 23.5 Å². The maximum Gasteiger partial charge on any atom is 0.137 e. The molecule has 0 saturated carbocycles. The van der Waals surface area contributed by atoms with Gasteiger partial charge in [-0.3, -0.25) is 0 Å². The van der Waals surface area contributed by atoms with Crippen LogP contribution in [0.15, 0.2) is 30.9 Å². The Morgan fingerprint density at radius 2 is 2.30 bits per heavy atom. The maximum atomic E-state index is 4.17. The van der Waals surface area contributed by atoms with E-state index < -0.39 is 0 Å². The molecule has 0 aliphatic carbocycles. The van der Waals surface area contributed by atoms with Gasteiger partial charge in [0.2, 0.25) is 0 Å². The van der Waals surface area contributed by atoms with Crippen molar-refractivity contribution in [2.45, 2.75) is 18.9 Å². The Kier molecular flexibility index (Phi) is 3.69. The smallest absolute Gasteiger partial charge is 0.137 e. The zero-order chi connectivity index (χ0) is 13.9. The van der Waals surface area contributed by atoms with Gasteiger partial charge in [0.05, 0.1) is 6.54 Å². The van der Waals surface area contributed by atoms with Gasteiger partial charge in [-0.2, -0.15) is 5.10 Å². The van der Waals surface area contributed by atoms with Crippen LogP contribution in [0.25, 0.3) is 0 Å². The Morgan fingerprint density at radius 3 is 3.05 bits per heavy atom. The predicted molar refractivity (Wildman–Crippen MR) is 80.0 cm³/mol. The first kappa shape index (κ1) is 13.1. The van der Waals surface area contributed by atoms with Crippen molar-refractivity contribution in [3.8, 4) is 0 Å². The van der Waals surface area contributed by atoms with E-state index in [1.807, 2.05) is 4.68 Å². The Morgan fingerprint density at radius 1 is 1.40 bits per heavy atom. The summed E-state index contributed by atoms with van der Waals surface area (Å²) in [6.45, 7) is 2.96. The number of aromatic nitrogens is 3. The molecule has 0 saturated heterocycles. The van der Waals surface area contributed by atoms with E-state index in [1.165, 1.54) is 23.2 Å². The second-order valence-corrected chi connectivity index (χ2v) is 5.68. The van der Waals surface area contributed by atoms with Crippen LogP contribution in [0.4, 0.5) is 5.69 Å². The van der Waals surface area contributed by atoms with E-state index in [2.05, 4.69) is 52.6 Å². The summed E-state index contributed by atoms with van der Waals surface area (Å²) in [5.41, 5.74) is 4.02. The van der Waals surface area contributed by atoms with Crippen molar-refractivity contribution in [2.75, 3.05) is 32.5 Å². The van der Waals surface area contributed by atoms with Gasteiger partial charge in [0, 0.05) is 18.2 Å². The highest BCUT2D eigenvalue weighted by atomic mass is 15.3. The van der Waals surface area contributed by atoms with Crippen molar-refractivity contribution in [3.05, 3.63) is 42.0 Å². The molecule has 1 atom stereocenters. The first-order valence-corrected chi connectivity index (χ1v) is 7.06. The fourth-order valence-corrected chi connectivity index (χ4v) is 2.73. The quantitative estimate of drug-likeness (QED) is 0.900. The third kappa shape index (κ3) is 2.82. The van der Waals surface area contributed by atoms with E-state index >= 15 is 0 Å². The molecule has 0 amide bonds. The standard InChI is InChI=1S/C15H21N5/c1-19(2)6-5-13-8-17-15-4-3-12(7-14(13)15)9-20-11-16-10-18-20/h3-4,7,10-11,13,17H,5-6,8-9H2,1-2H3. The molecule has 20 heavy (non-hydrogen) atoms. The summed E-state index contributed by atoms with van der Waals surface area (Å²) >= 11 is 0. The van der Waals surface area contributed by atoms with Gasteiger partial charge in [-0.05, 0) is 44.3 Å². The summed E-state index contributed by atoms with van der Waals surface area (Å²) in [5.74, 6) is 0.614. The minimum atomic E-state index is 0.614. The summed E-state index contributed by atoms with van der Waals surface area (Å²) in [6.07, 6.45) is 4.53. The van der Waals surface area contributed by atoms with E-state index in [9.17, 15) is 0 Å². The number of hydrogen-bond acceptors (Lipinski definition) is 4. The van der Waals surface area contributed by atoms with Crippen LogP contribution in [0.5, 0.6) is 0 Å². The Hall–Kier alpha value is -1.88. The number of benzene rings is 1. The van der Waals surface area contributed by atoms with Gasteiger partial charge >= 0.3 is 0 Å². The molecule has 1 unspecified atom stereocenters. The van der Waals surface area contributed by atoms with E-state index in [-0.39, 0.29) is 0 Å². The minimum Gasteiger partial charge on any atom is -0.384 e. The summed E-state index contributed by atoms with van der Waals surface area (Å²) in [7, 11) is 4.26. The van der Waals surface area contributed by atoms with Crippen molar-refractivity contribution in [2.24, 2.45) is 0 Å². The first-order chi connectivity index (χ1) is 9.72. The number of rotatable bonds is 5. The third-order valence-electron chi connectivity index (χ3n) is 3.83. The lowest BCUT2D eigenvalue weighted by Gasteiger charge is -2.15. The fraction of sp³-hybridized carbons (Fsp3) is 0.467. The molecule has 0 fully saturated rings. The Balaban J connectivity index is 1.75. The van der Waals surface area contributed by atoms with E-state index in [4.69, 9.17) is 0 Å². The monoisotopic (exact) mass is 271 g/mol. The van der Waals surface area contributed by atoms with Crippen LogP contribution < -0.4 is 5.32 Å². The molecule has 5 heteroatoms.